The van der Waals surface area contributed by atoms with Crippen LogP contribution in [0.5, 0.6) is 0 Å². The van der Waals surface area contributed by atoms with E-state index in [0.717, 1.165) is 40.9 Å². The van der Waals surface area contributed by atoms with Crippen molar-refractivity contribution in [2.24, 2.45) is 0 Å². The van der Waals surface area contributed by atoms with Gasteiger partial charge in [-0.25, -0.2) is 8.78 Å². The Hall–Kier alpha value is -9.27. The van der Waals surface area contributed by atoms with Gasteiger partial charge in [0.15, 0.2) is 0 Å². The Labute approximate surface area is 559 Å². The Morgan fingerprint density at radius 2 is 0.853 bits per heavy atom. The number of ketones is 3. The second-order valence-electron chi connectivity index (χ2n) is 25.7. The number of benzene rings is 3. The molecule has 1 aliphatic carbocycles. The number of rotatable bonds is 16. The molecule has 3 atom stereocenters. The van der Waals surface area contributed by atoms with Gasteiger partial charge in [0.2, 0.25) is 5.91 Å². The fourth-order valence-corrected chi connectivity index (χ4v) is 13.4. The van der Waals surface area contributed by atoms with E-state index < -0.39 is 71.2 Å². The lowest BCUT2D eigenvalue weighted by Crippen LogP contribution is -2.69. The normalized spacial score (nSPS) is 16.6. The Morgan fingerprint density at radius 1 is 0.526 bits per heavy atom. The summed E-state index contributed by atoms with van der Waals surface area (Å²) in [5.41, 5.74) is 7.81. The molecular formula is C70H79Cl2F2N11O10. The van der Waals surface area contributed by atoms with Crippen molar-refractivity contribution in [1.29, 1.82) is 5.26 Å². The van der Waals surface area contributed by atoms with Crippen LogP contribution in [0.2, 0.25) is 10.0 Å². The molecule has 0 bridgehead atoms. The predicted octanol–water partition coefficient (Wildman–Crippen LogP) is 11.4. The third-order valence-corrected chi connectivity index (χ3v) is 18.6. The van der Waals surface area contributed by atoms with Crippen LogP contribution in [-0.4, -0.2) is 103 Å². The van der Waals surface area contributed by atoms with Gasteiger partial charge in [-0.1, -0.05) is 41.4 Å². The van der Waals surface area contributed by atoms with Crippen LogP contribution in [0.1, 0.15) is 217 Å². The number of carbonyl (C=O) groups excluding carboxylic acids is 10. The average Bonchev–Trinajstić information content (AvgIpc) is 1.73. The number of Topliss-reactive ketones (excluding diaryl/α,β-unsaturated/α-hetero) is 3. The first-order valence-electron chi connectivity index (χ1n) is 31.4. The zero-order valence-electron chi connectivity index (χ0n) is 55.6. The molecule has 0 spiro atoms. The van der Waals surface area contributed by atoms with Gasteiger partial charge in [-0.2, -0.15) is 5.26 Å². The maximum atomic E-state index is 13.7. The number of nitrogens with one attached hydrogen (secondary N) is 7. The second kappa shape index (κ2) is 28.4. The highest BCUT2D eigenvalue weighted by molar-refractivity contribution is 6.45. The zero-order chi connectivity index (χ0) is 70.2. The minimum atomic E-state index is -3.13. The molecule has 21 nitrogen and oxygen atoms in total. The van der Waals surface area contributed by atoms with Gasteiger partial charge in [-0.05, 0) is 198 Å². The highest BCUT2D eigenvalue weighted by Gasteiger charge is 2.62. The molecule has 0 radical (unpaired) electrons. The van der Waals surface area contributed by atoms with Gasteiger partial charge in [0, 0.05) is 94.3 Å². The van der Waals surface area contributed by atoms with E-state index in [2.05, 4.69) is 43.3 Å². The highest BCUT2D eigenvalue weighted by Crippen LogP contribution is 2.46. The molecule has 2 unspecified atom stereocenters. The topological polar surface area (TPSA) is 293 Å². The number of hydrogen-bond acceptors (Lipinski definition) is 11. The lowest BCUT2D eigenvalue weighted by molar-refractivity contribution is -0.164. The van der Waals surface area contributed by atoms with E-state index in [-0.39, 0.29) is 58.8 Å². The number of amides is 7. The van der Waals surface area contributed by atoms with Gasteiger partial charge in [0.1, 0.15) is 22.6 Å². The molecule has 25 heteroatoms. The Bertz CT molecular complexity index is 4080. The molecule has 7 amide bonds. The first-order valence-corrected chi connectivity index (χ1v) is 32.2. The molecule has 3 aromatic carbocycles. The number of nitrogens with zero attached hydrogens (tertiary/aromatic N) is 4. The summed E-state index contributed by atoms with van der Waals surface area (Å²) in [6.45, 7) is 23.7. The minimum Gasteiger partial charge on any atom is -0.357 e. The number of nitriles is 1. The molecule has 95 heavy (non-hydrogen) atoms. The van der Waals surface area contributed by atoms with Crippen molar-refractivity contribution in [2.75, 3.05) is 23.0 Å². The van der Waals surface area contributed by atoms with Gasteiger partial charge in [-0.15, -0.1) is 0 Å². The quantitative estimate of drug-likeness (QED) is 0.0353. The maximum absolute atomic E-state index is 13.7. The lowest BCUT2D eigenvalue weighted by Gasteiger charge is -2.45. The first kappa shape index (κ1) is 71.6. The fraction of sp³-hybridized carbons (Fsp3) is 0.414. The number of anilines is 3. The fourth-order valence-electron chi connectivity index (χ4n) is 13.1. The molecule has 6 aromatic rings. The van der Waals surface area contributed by atoms with Gasteiger partial charge in [0.25, 0.3) is 58.7 Å². The molecule has 502 valence electrons. The summed E-state index contributed by atoms with van der Waals surface area (Å²) in [5.74, 6) is -9.73. The number of carbonyl (C=O) groups is 10. The number of fused-ring (bicyclic) bond motifs is 3. The molecule has 1 saturated carbocycles. The van der Waals surface area contributed by atoms with Crippen molar-refractivity contribution in [3.8, 4) is 6.07 Å². The molecule has 6 heterocycles. The molecular weight excluding hydrogens is 1260 g/mol. The summed E-state index contributed by atoms with van der Waals surface area (Å²) in [6, 6.07) is 17.3. The Balaban J connectivity index is 0.000000185. The molecule has 3 aliphatic heterocycles. The van der Waals surface area contributed by atoms with E-state index >= 15 is 0 Å². The van der Waals surface area contributed by atoms with Crippen molar-refractivity contribution in [1.82, 2.24) is 35.0 Å². The second-order valence-corrected chi connectivity index (χ2v) is 26.5. The summed E-state index contributed by atoms with van der Waals surface area (Å²) in [5, 5.41) is 28.7. The SMILES string of the molecule is CNC(=O)C1(NC(=O)C(=O)c2c(C)c(C(=O)Nc3ccc(C)c(C#N)c3)n3c2CCC3C)CC(F)(F)C1.Cc1ccc(NC(=O)c2c(C)c(C(=O)C(=O)NC(C)C)c3n2C(C)CC3)cc1Cl.Cc1ccc(NC(=O)c2c(C)c(C(=O)C(=O)NC(C)C)c3n2[C@H](C)CC3)cc1Cl. The van der Waals surface area contributed by atoms with Gasteiger partial charge in [0.05, 0.1) is 28.3 Å². The Kier molecular flexibility index (Phi) is 21.4. The van der Waals surface area contributed by atoms with Crippen LogP contribution in [0.15, 0.2) is 54.6 Å². The largest absolute Gasteiger partial charge is 0.357 e. The summed E-state index contributed by atoms with van der Waals surface area (Å²) >= 11 is 12.3. The summed E-state index contributed by atoms with van der Waals surface area (Å²) < 4.78 is 32.8. The van der Waals surface area contributed by atoms with E-state index in [4.69, 9.17) is 23.2 Å². The van der Waals surface area contributed by atoms with Crippen LogP contribution in [0.25, 0.3) is 0 Å². The summed E-state index contributed by atoms with van der Waals surface area (Å²) in [4.78, 5) is 129. The minimum absolute atomic E-state index is 0.0340. The molecule has 1 fully saturated rings. The van der Waals surface area contributed by atoms with E-state index in [9.17, 15) is 62.0 Å². The monoisotopic (exact) mass is 1340 g/mol. The first-order chi connectivity index (χ1) is 44.6. The van der Waals surface area contributed by atoms with Crippen LogP contribution in [0.4, 0.5) is 25.8 Å². The number of aromatic nitrogens is 3. The molecule has 0 saturated heterocycles. The highest BCUT2D eigenvalue weighted by atomic mass is 35.5. The Morgan fingerprint density at radius 3 is 1.16 bits per heavy atom. The summed E-state index contributed by atoms with van der Waals surface area (Å²) in [7, 11) is 1.26. The van der Waals surface area contributed by atoms with Crippen LogP contribution >= 0.6 is 23.2 Å². The van der Waals surface area contributed by atoms with Crippen molar-refractivity contribution in [3.05, 3.63) is 154 Å². The number of alkyl halides is 2. The lowest BCUT2D eigenvalue weighted by atomic mass is 9.72. The van der Waals surface area contributed by atoms with Gasteiger partial charge >= 0.3 is 0 Å². The molecule has 7 N–H and O–H groups in total. The van der Waals surface area contributed by atoms with E-state index in [1.165, 1.54) is 7.05 Å². The zero-order valence-corrected chi connectivity index (χ0v) is 57.1. The maximum Gasteiger partial charge on any atom is 0.293 e. The number of aryl methyl sites for hydroxylation is 3. The van der Waals surface area contributed by atoms with Crippen molar-refractivity contribution >= 4 is 99.0 Å². The average molecular weight is 1340 g/mol. The molecule has 3 aromatic heterocycles. The standard InChI is InChI=1S/C26H27F2N5O4.2C22H26ClN3O3/c1-13-5-7-17(9-16(13)10-29)31-22(35)20-15(3)19(18-8-6-14(2)33(18)20)21(34)23(36)32-25(24(37)30-4)11-26(27,28)12-25;2*1-11(2)24-22(29)20(27)18-14(5)19(26-13(4)7-9-17(18)26)21(28)25-15-8-6-12(3)16(23)10-15/h5,7,9,14H,6,8,11-12H2,1-4H3,(H,30,37)(H,31,35)(H,32,36);2*6,8,10-11,13H,7,9H2,1-5H3,(H,24,29)(H,25,28)/t;13-;/m.1./s1. The summed E-state index contributed by atoms with van der Waals surface area (Å²) in [6.07, 6.45) is 2.20. The number of likely N-dealkylation sites (N-methyl/N-ethyl adjacent to an activating group) is 1. The van der Waals surface area contributed by atoms with Crippen LogP contribution < -0.4 is 37.2 Å². The van der Waals surface area contributed by atoms with Crippen LogP contribution in [0.3, 0.4) is 0 Å². The molecule has 10 rings (SSSR count). The van der Waals surface area contributed by atoms with Crippen molar-refractivity contribution in [2.45, 2.75) is 183 Å². The number of halogens is 4. The third kappa shape index (κ3) is 14.5. The van der Waals surface area contributed by atoms with Gasteiger partial charge < -0.3 is 50.9 Å². The predicted molar refractivity (Wildman–Crippen MR) is 357 cm³/mol. The van der Waals surface area contributed by atoms with E-state index in [0.29, 0.717) is 97.7 Å². The third-order valence-electron chi connectivity index (χ3n) is 17.8. The van der Waals surface area contributed by atoms with Crippen molar-refractivity contribution in [3.63, 3.8) is 0 Å². The smallest absolute Gasteiger partial charge is 0.293 e. The van der Waals surface area contributed by atoms with E-state index in [1.54, 1.807) is 102 Å². The van der Waals surface area contributed by atoms with Crippen LogP contribution in [-0.2, 0) is 38.4 Å². The van der Waals surface area contributed by atoms with E-state index in [1.807, 2.05) is 55.9 Å². The molecule has 4 aliphatic rings. The van der Waals surface area contributed by atoms with Crippen LogP contribution in [0, 0.1) is 52.9 Å². The van der Waals surface area contributed by atoms with Gasteiger partial charge in [-0.3, -0.25) is 47.9 Å². The van der Waals surface area contributed by atoms with Crippen molar-refractivity contribution < 1.29 is 56.7 Å². The number of hydrogen-bond donors (Lipinski definition) is 7.